The van der Waals surface area contributed by atoms with Crippen molar-refractivity contribution in [2.75, 3.05) is 19.6 Å². The van der Waals surface area contributed by atoms with Crippen LogP contribution in [0.2, 0.25) is 0 Å². The highest BCUT2D eigenvalue weighted by molar-refractivity contribution is 5.78. The fraction of sp³-hybridized carbons (Fsp3) is 0.517. The topological polar surface area (TPSA) is 58.6 Å². The summed E-state index contributed by atoms with van der Waals surface area (Å²) in [6.45, 7) is 6.97. The highest BCUT2D eigenvalue weighted by Crippen LogP contribution is 2.40. The predicted octanol–water partition coefficient (Wildman–Crippen LogP) is 7.44. The molecule has 0 saturated carbocycles. The van der Waals surface area contributed by atoms with Gasteiger partial charge in [0.15, 0.2) is 0 Å². The van der Waals surface area contributed by atoms with E-state index in [-0.39, 0.29) is 37.7 Å². The molecule has 1 saturated heterocycles. The van der Waals surface area contributed by atoms with E-state index in [9.17, 15) is 40.3 Å². The first-order chi connectivity index (χ1) is 18.8. The molecule has 0 radical (unpaired) electrons. The minimum absolute atomic E-state index is 0.0604. The average molecular weight is 591 g/mol. The molecule has 1 aliphatic heterocycles. The van der Waals surface area contributed by atoms with Gasteiger partial charge < -0.3 is 15.0 Å². The Morgan fingerprint density at radius 3 is 1.90 bits per heavy atom. The van der Waals surface area contributed by atoms with Gasteiger partial charge >= 0.3 is 18.4 Å². The summed E-state index contributed by atoms with van der Waals surface area (Å²) in [6, 6.07) is 7.03. The van der Waals surface area contributed by atoms with Crippen molar-refractivity contribution in [3.63, 3.8) is 0 Å². The molecule has 2 aromatic carbocycles. The molecule has 1 aliphatic rings. The van der Waals surface area contributed by atoms with Crippen molar-refractivity contribution in [3.8, 4) is 0 Å². The number of alkyl halides is 6. The SMILES string of the molecule is C[C@@H](CNC(=O)CC1(c2ccc(F)cc2)CCN(C(=O)OC(C)(C)C)CC1)c1cc(C(F)(F)F)cc(C(F)(F)F)c1. The van der Waals surface area contributed by atoms with Gasteiger partial charge in [-0.05, 0) is 81.0 Å². The second-order valence-electron chi connectivity index (χ2n) is 11.5. The fourth-order valence-electron chi connectivity index (χ4n) is 4.83. The number of nitrogens with zero attached hydrogens (tertiary/aromatic N) is 1. The summed E-state index contributed by atoms with van der Waals surface area (Å²) in [5, 5.41) is 2.63. The lowest BCUT2D eigenvalue weighted by Gasteiger charge is -2.42. The normalized spacial score (nSPS) is 16.7. The molecule has 1 N–H and O–H groups in total. The fourth-order valence-corrected chi connectivity index (χ4v) is 4.83. The molecular formula is C29H33F7N2O3. The lowest BCUT2D eigenvalue weighted by molar-refractivity contribution is -0.143. The summed E-state index contributed by atoms with van der Waals surface area (Å²) in [7, 11) is 0. The number of benzene rings is 2. The standard InChI is InChI=1S/C29H33F7N2O3/c1-18(19-13-21(28(31,32)33)15-22(14-19)29(34,35)36)17-37-24(39)16-27(20-5-7-23(30)8-6-20)9-11-38(12-10-27)25(40)41-26(2,3)4/h5-8,13-15,18H,9-12,16-17H2,1-4H3,(H,37,39)/t18-/m0/s1. The van der Waals surface area contributed by atoms with Crippen molar-refractivity contribution in [1.29, 1.82) is 0 Å². The zero-order valence-corrected chi connectivity index (χ0v) is 23.2. The third kappa shape index (κ3) is 8.59. The summed E-state index contributed by atoms with van der Waals surface area (Å²) in [6.07, 6.45) is -9.83. The van der Waals surface area contributed by atoms with Crippen molar-refractivity contribution in [1.82, 2.24) is 10.2 Å². The van der Waals surface area contributed by atoms with Crippen LogP contribution >= 0.6 is 0 Å². The maximum atomic E-state index is 13.7. The van der Waals surface area contributed by atoms with Gasteiger partial charge in [-0.15, -0.1) is 0 Å². The molecule has 226 valence electrons. The molecule has 0 aliphatic carbocycles. The molecule has 41 heavy (non-hydrogen) atoms. The minimum atomic E-state index is -4.98. The van der Waals surface area contributed by atoms with Gasteiger partial charge in [0.1, 0.15) is 11.4 Å². The van der Waals surface area contributed by atoms with Crippen LogP contribution in [0.4, 0.5) is 35.5 Å². The summed E-state index contributed by atoms with van der Waals surface area (Å²) in [5.41, 5.74) is -3.86. The van der Waals surface area contributed by atoms with E-state index < -0.39 is 58.2 Å². The highest BCUT2D eigenvalue weighted by Gasteiger charge is 2.41. The Labute approximate surface area is 234 Å². The Morgan fingerprint density at radius 1 is 0.927 bits per heavy atom. The van der Waals surface area contributed by atoms with Gasteiger partial charge in [0.05, 0.1) is 11.1 Å². The van der Waals surface area contributed by atoms with Crippen LogP contribution in [0.25, 0.3) is 0 Å². The maximum absolute atomic E-state index is 13.7. The van der Waals surface area contributed by atoms with Crippen molar-refractivity contribution in [2.45, 2.75) is 76.2 Å². The number of amides is 2. The zero-order chi connectivity index (χ0) is 30.8. The lowest BCUT2D eigenvalue weighted by Crippen LogP contribution is -2.48. The number of ether oxygens (including phenoxy) is 1. The van der Waals surface area contributed by atoms with Crippen molar-refractivity contribution in [2.24, 2.45) is 0 Å². The molecule has 0 unspecified atom stereocenters. The van der Waals surface area contributed by atoms with Crippen LogP contribution in [0.3, 0.4) is 0 Å². The van der Waals surface area contributed by atoms with E-state index in [1.54, 1.807) is 32.9 Å². The number of nitrogens with one attached hydrogen (secondary N) is 1. The number of hydrogen-bond acceptors (Lipinski definition) is 3. The number of carbonyl (C=O) groups excluding carboxylic acids is 2. The van der Waals surface area contributed by atoms with Gasteiger partial charge in [-0.2, -0.15) is 26.3 Å². The maximum Gasteiger partial charge on any atom is 0.416 e. The molecule has 1 atom stereocenters. The molecule has 0 aromatic heterocycles. The van der Waals surface area contributed by atoms with Crippen LogP contribution in [0.5, 0.6) is 0 Å². The number of piperidine rings is 1. The second kappa shape index (κ2) is 11.9. The van der Waals surface area contributed by atoms with Gasteiger partial charge in [0.2, 0.25) is 5.91 Å². The second-order valence-corrected chi connectivity index (χ2v) is 11.5. The Balaban J connectivity index is 1.75. The monoisotopic (exact) mass is 590 g/mol. The van der Waals surface area contributed by atoms with Crippen LogP contribution in [-0.2, 0) is 27.3 Å². The Morgan fingerprint density at radius 2 is 1.44 bits per heavy atom. The van der Waals surface area contributed by atoms with Crippen molar-refractivity contribution < 1.29 is 45.1 Å². The van der Waals surface area contributed by atoms with E-state index in [4.69, 9.17) is 4.74 Å². The molecule has 1 heterocycles. The first-order valence-corrected chi connectivity index (χ1v) is 13.1. The molecule has 2 amide bonds. The predicted molar refractivity (Wildman–Crippen MR) is 138 cm³/mol. The van der Waals surface area contributed by atoms with Crippen LogP contribution in [0.1, 0.15) is 75.1 Å². The van der Waals surface area contributed by atoms with Gasteiger partial charge in [-0.25, -0.2) is 9.18 Å². The zero-order valence-electron chi connectivity index (χ0n) is 23.2. The molecule has 3 rings (SSSR count). The van der Waals surface area contributed by atoms with E-state index in [1.807, 2.05) is 0 Å². The van der Waals surface area contributed by atoms with Crippen molar-refractivity contribution in [3.05, 3.63) is 70.5 Å². The number of hydrogen-bond donors (Lipinski definition) is 1. The lowest BCUT2D eigenvalue weighted by atomic mass is 9.70. The van der Waals surface area contributed by atoms with Crippen LogP contribution in [0, 0.1) is 5.82 Å². The molecule has 1 fully saturated rings. The third-order valence-corrected chi connectivity index (χ3v) is 7.11. The highest BCUT2D eigenvalue weighted by atomic mass is 19.4. The van der Waals surface area contributed by atoms with Gasteiger partial charge in [-0.3, -0.25) is 4.79 Å². The molecule has 0 spiro atoms. The largest absolute Gasteiger partial charge is 0.444 e. The van der Waals surface area contributed by atoms with Crippen molar-refractivity contribution >= 4 is 12.0 Å². The van der Waals surface area contributed by atoms with E-state index >= 15 is 0 Å². The van der Waals surface area contributed by atoms with Crippen LogP contribution in [-0.4, -0.2) is 42.1 Å². The number of carbonyl (C=O) groups is 2. The number of likely N-dealkylation sites (tertiary alicyclic amines) is 1. The first-order valence-electron chi connectivity index (χ1n) is 13.1. The summed E-state index contributed by atoms with van der Waals surface area (Å²) in [4.78, 5) is 27.2. The summed E-state index contributed by atoms with van der Waals surface area (Å²) >= 11 is 0. The van der Waals surface area contributed by atoms with Gasteiger partial charge in [0, 0.05) is 31.5 Å². The first kappa shape index (κ1) is 32.2. The van der Waals surface area contributed by atoms with E-state index in [2.05, 4.69) is 5.32 Å². The summed E-state index contributed by atoms with van der Waals surface area (Å²) < 4.78 is 98.7. The van der Waals surface area contributed by atoms with Gasteiger partial charge in [0.25, 0.3) is 0 Å². The molecule has 5 nitrogen and oxygen atoms in total. The quantitative estimate of drug-likeness (QED) is 0.356. The molecule has 2 aromatic rings. The van der Waals surface area contributed by atoms with E-state index in [0.717, 1.165) is 0 Å². The van der Waals surface area contributed by atoms with Gasteiger partial charge in [-0.1, -0.05) is 19.1 Å². The molecule has 0 bridgehead atoms. The third-order valence-electron chi connectivity index (χ3n) is 7.11. The Kier molecular flexibility index (Phi) is 9.34. The number of halogens is 7. The smallest absolute Gasteiger partial charge is 0.416 e. The minimum Gasteiger partial charge on any atom is -0.444 e. The molecular weight excluding hydrogens is 557 g/mol. The van der Waals surface area contributed by atoms with Crippen LogP contribution < -0.4 is 5.32 Å². The van der Waals surface area contributed by atoms with E-state index in [1.165, 1.54) is 24.0 Å². The molecule has 12 heteroatoms. The number of rotatable bonds is 6. The van der Waals surface area contributed by atoms with Crippen LogP contribution in [0.15, 0.2) is 42.5 Å². The Hall–Kier alpha value is -3.31. The van der Waals surface area contributed by atoms with E-state index in [0.29, 0.717) is 30.5 Å². The Bertz CT molecular complexity index is 1190. The average Bonchev–Trinajstić information content (AvgIpc) is 2.85. The summed E-state index contributed by atoms with van der Waals surface area (Å²) in [5.74, 6) is -1.80.